The molecule has 0 amide bonds. The molecule has 20 heavy (non-hydrogen) atoms. The van der Waals surface area contributed by atoms with Gasteiger partial charge in [0.1, 0.15) is 5.69 Å². The molecule has 0 aliphatic carbocycles. The van der Waals surface area contributed by atoms with Crippen molar-refractivity contribution in [3.05, 3.63) is 11.8 Å². The van der Waals surface area contributed by atoms with Gasteiger partial charge >= 0.3 is 16.2 Å². The first kappa shape index (κ1) is 14.8. The molecular weight excluding hydrogens is 284 g/mol. The van der Waals surface area contributed by atoms with Crippen molar-refractivity contribution >= 4 is 22.0 Å². The topological polar surface area (TPSA) is 115 Å². The molecule has 1 aromatic heterocycles. The number of H-pyrrole nitrogens is 1. The lowest BCUT2D eigenvalue weighted by Gasteiger charge is -2.33. The maximum absolute atomic E-state index is 12.2. The van der Waals surface area contributed by atoms with Gasteiger partial charge in [-0.3, -0.25) is 9.82 Å². The molecule has 1 aliphatic heterocycles. The van der Waals surface area contributed by atoms with E-state index in [4.69, 9.17) is 5.11 Å². The maximum Gasteiger partial charge on any atom is 0.353 e. The summed E-state index contributed by atoms with van der Waals surface area (Å²) in [4.78, 5) is 10.7. The van der Waals surface area contributed by atoms with Crippen molar-refractivity contribution in [3.8, 4) is 0 Å². The fourth-order valence-electron chi connectivity index (χ4n) is 2.48. The van der Waals surface area contributed by atoms with Crippen LogP contribution in [0.25, 0.3) is 0 Å². The van der Waals surface area contributed by atoms with Gasteiger partial charge in [0.2, 0.25) is 0 Å². The number of rotatable bonds is 4. The van der Waals surface area contributed by atoms with Crippen molar-refractivity contribution in [2.75, 3.05) is 17.8 Å². The van der Waals surface area contributed by atoms with Gasteiger partial charge in [0.05, 0.1) is 0 Å². The highest BCUT2D eigenvalue weighted by molar-refractivity contribution is 7.90. The Morgan fingerprint density at radius 1 is 1.45 bits per heavy atom. The predicted molar refractivity (Wildman–Crippen MR) is 72.6 cm³/mol. The molecule has 1 aliphatic rings. The highest BCUT2D eigenvalue weighted by Gasteiger charge is 2.30. The van der Waals surface area contributed by atoms with E-state index in [0.717, 1.165) is 12.5 Å². The Bertz CT molecular complexity index is 587. The first-order chi connectivity index (χ1) is 9.28. The van der Waals surface area contributed by atoms with Crippen LogP contribution in [-0.2, 0) is 10.2 Å². The number of aromatic amines is 1. The number of anilines is 1. The molecule has 1 fully saturated rings. The summed E-state index contributed by atoms with van der Waals surface area (Å²) in [5.74, 6) is -0.621. The zero-order chi connectivity index (χ0) is 14.9. The van der Waals surface area contributed by atoms with E-state index in [0.29, 0.717) is 24.9 Å². The summed E-state index contributed by atoms with van der Waals surface area (Å²) in [5, 5.41) is 14.6. The second-order valence-electron chi connectivity index (χ2n) is 5.34. The first-order valence-electron chi connectivity index (χ1n) is 6.34. The second kappa shape index (κ2) is 5.41. The minimum absolute atomic E-state index is 0.0201. The SMILES string of the molecule is CC1CC(C)CN(S(=O)(=O)Nc2cc(C(=O)O)[nH]n2)C1. The number of hydrogen-bond donors (Lipinski definition) is 3. The molecule has 0 bridgehead atoms. The molecule has 0 radical (unpaired) electrons. The Morgan fingerprint density at radius 2 is 2.05 bits per heavy atom. The lowest BCUT2D eigenvalue weighted by atomic mass is 9.94. The summed E-state index contributed by atoms with van der Waals surface area (Å²) in [6.45, 7) is 4.93. The van der Waals surface area contributed by atoms with Gasteiger partial charge in [0.15, 0.2) is 5.82 Å². The van der Waals surface area contributed by atoms with Gasteiger partial charge in [-0.15, -0.1) is 0 Å². The third-order valence-corrected chi connectivity index (χ3v) is 4.66. The Labute approximate surface area is 117 Å². The van der Waals surface area contributed by atoms with Gasteiger partial charge in [-0.1, -0.05) is 13.8 Å². The number of carbonyl (C=O) groups is 1. The molecule has 0 spiro atoms. The number of piperidine rings is 1. The number of hydrogen-bond acceptors (Lipinski definition) is 4. The van der Waals surface area contributed by atoms with Crippen LogP contribution < -0.4 is 4.72 Å². The van der Waals surface area contributed by atoms with Crippen molar-refractivity contribution in [1.82, 2.24) is 14.5 Å². The molecule has 112 valence electrons. The Hall–Kier alpha value is -1.61. The molecule has 0 saturated carbocycles. The number of carboxylic acids is 1. The van der Waals surface area contributed by atoms with Crippen LogP contribution in [0.3, 0.4) is 0 Å². The highest BCUT2D eigenvalue weighted by atomic mass is 32.2. The van der Waals surface area contributed by atoms with Crippen LogP contribution in [0.5, 0.6) is 0 Å². The lowest BCUT2D eigenvalue weighted by Crippen LogP contribution is -2.45. The summed E-state index contributed by atoms with van der Waals surface area (Å²) in [6.07, 6.45) is 0.998. The zero-order valence-electron chi connectivity index (χ0n) is 11.3. The normalized spacial score (nSPS) is 24.5. The summed E-state index contributed by atoms with van der Waals surface area (Å²) in [6, 6.07) is 1.15. The standard InChI is InChI=1S/C11H18N4O4S/c1-7-3-8(2)6-15(5-7)20(18,19)14-10-4-9(11(16)17)12-13-10/h4,7-8H,3,5-6H2,1-2H3,(H,16,17)(H2,12,13,14). The van der Waals surface area contributed by atoms with Crippen LogP contribution in [0.4, 0.5) is 5.82 Å². The molecule has 1 saturated heterocycles. The molecule has 2 heterocycles. The van der Waals surface area contributed by atoms with Gasteiger partial charge < -0.3 is 5.11 Å². The van der Waals surface area contributed by atoms with Gasteiger partial charge in [0, 0.05) is 19.2 Å². The van der Waals surface area contributed by atoms with Crippen molar-refractivity contribution < 1.29 is 18.3 Å². The molecule has 1 aromatic rings. The molecule has 8 nitrogen and oxygen atoms in total. The average molecular weight is 302 g/mol. The van der Waals surface area contributed by atoms with Crippen LogP contribution in [0.2, 0.25) is 0 Å². The monoisotopic (exact) mass is 302 g/mol. The number of nitrogens with zero attached hydrogens (tertiary/aromatic N) is 2. The third kappa shape index (κ3) is 3.28. The smallest absolute Gasteiger partial charge is 0.353 e. The van der Waals surface area contributed by atoms with Crippen LogP contribution >= 0.6 is 0 Å². The van der Waals surface area contributed by atoms with Gasteiger partial charge in [-0.05, 0) is 18.3 Å². The summed E-state index contributed by atoms with van der Waals surface area (Å²) >= 11 is 0. The average Bonchev–Trinajstić information content (AvgIpc) is 2.75. The van der Waals surface area contributed by atoms with E-state index in [1.165, 1.54) is 4.31 Å². The number of carboxylic acid groups (broad SMARTS) is 1. The molecule has 2 rings (SSSR count). The van der Waals surface area contributed by atoms with Gasteiger partial charge in [-0.25, -0.2) is 4.79 Å². The fraction of sp³-hybridized carbons (Fsp3) is 0.636. The van der Waals surface area contributed by atoms with Crippen molar-refractivity contribution in [2.45, 2.75) is 20.3 Å². The Kier molecular flexibility index (Phi) is 4.00. The molecule has 3 N–H and O–H groups in total. The van der Waals surface area contributed by atoms with E-state index < -0.39 is 16.2 Å². The largest absolute Gasteiger partial charge is 0.477 e. The number of aromatic carboxylic acids is 1. The highest BCUT2D eigenvalue weighted by Crippen LogP contribution is 2.23. The van der Waals surface area contributed by atoms with Crippen molar-refractivity contribution in [3.63, 3.8) is 0 Å². The van der Waals surface area contributed by atoms with Crippen LogP contribution in [0.1, 0.15) is 30.8 Å². The van der Waals surface area contributed by atoms with Gasteiger partial charge in [-0.2, -0.15) is 17.8 Å². The quantitative estimate of drug-likeness (QED) is 0.758. The first-order valence-corrected chi connectivity index (χ1v) is 7.78. The predicted octanol–water partition coefficient (Wildman–Crippen LogP) is 0.742. The van der Waals surface area contributed by atoms with E-state index in [2.05, 4.69) is 14.9 Å². The molecule has 2 unspecified atom stereocenters. The van der Waals surface area contributed by atoms with Crippen LogP contribution in [-0.4, -0.2) is 47.1 Å². The van der Waals surface area contributed by atoms with E-state index in [9.17, 15) is 13.2 Å². The molecule has 0 aromatic carbocycles. The maximum atomic E-state index is 12.2. The molecule has 2 atom stereocenters. The van der Waals surface area contributed by atoms with E-state index >= 15 is 0 Å². The number of nitrogens with one attached hydrogen (secondary N) is 2. The zero-order valence-corrected chi connectivity index (χ0v) is 12.1. The minimum Gasteiger partial charge on any atom is -0.477 e. The van der Waals surface area contributed by atoms with Crippen LogP contribution in [0, 0.1) is 11.8 Å². The number of aromatic nitrogens is 2. The van der Waals surface area contributed by atoms with E-state index in [1.807, 2.05) is 13.8 Å². The fourth-order valence-corrected chi connectivity index (χ4v) is 3.88. The van der Waals surface area contributed by atoms with E-state index in [-0.39, 0.29) is 11.5 Å². The van der Waals surface area contributed by atoms with Crippen molar-refractivity contribution in [2.24, 2.45) is 11.8 Å². The molecule has 9 heteroatoms. The summed E-state index contributed by atoms with van der Waals surface area (Å²) < 4.78 is 28.2. The van der Waals surface area contributed by atoms with E-state index in [1.54, 1.807) is 0 Å². The summed E-state index contributed by atoms with van der Waals surface area (Å²) in [5.41, 5.74) is -0.164. The summed E-state index contributed by atoms with van der Waals surface area (Å²) in [7, 11) is -3.71. The Balaban J connectivity index is 2.11. The lowest BCUT2D eigenvalue weighted by molar-refractivity contribution is 0.0690. The third-order valence-electron chi connectivity index (χ3n) is 3.22. The minimum atomic E-state index is -3.71. The van der Waals surface area contributed by atoms with Gasteiger partial charge in [0.25, 0.3) is 0 Å². The second-order valence-corrected chi connectivity index (χ2v) is 7.01. The van der Waals surface area contributed by atoms with Crippen LogP contribution in [0.15, 0.2) is 6.07 Å². The molecular formula is C11H18N4O4S. The van der Waals surface area contributed by atoms with Crippen molar-refractivity contribution in [1.29, 1.82) is 0 Å². The Morgan fingerprint density at radius 3 is 2.55 bits per heavy atom.